The van der Waals surface area contributed by atoms with Crippen LogP contribution in [0.4, 0.5) is 0 Å². The molecule has 0 saturated heterocycles. The summed E-state index contributed by atoms with van der Waals surface area (Å²) in [5.41, 5.74) is 1.09. The molecule has 4 nitrogen and oxygen atoms in total. The fraction of sp³-hybridized carbons (Fsp3) is 0.611. The van der Waals surface area contributed by atoms with Gasteiger partial charge in [-0.3, -0.25) is 4.79 Å². The Hall–Kier alpha value is -0.880. The molecule has 6 heteroatoms. The van der Waals surface area contributed by atoms with E-state index in [9.17, 15) is 4.79 Å². The molecule has 1 aliphatic carbocycles. The van der Waals surface area contributed by atoms with Crippen molar-refractivity contribution < 1.29 is 14.3 Å². The molecule has 0 spiro atoms. The molecule has 2 rings (SSSR count). The molecule has 0 radical (unpaired) electrons. The quantitative estimate of drug-likeness (QED) is 0.716. The van der Waals surface area contributed by atoms with Gasteiger partial charge in [0.25, 0.3) is 0 Å². The largest absolute Gasteiger partial charge is 0.493 e. The van der Waals surface area contributed by atoms with Crippen molar-refractivity contribution in [2.24, 2.45) is 5.92 Å². The monoisotopic (exact) mass is 415 g/mol. The molecule has 1 aromatic carbocycles. The molecule has 1 saturated carbocycles. The molecule has 0 bridgehead atoms. The van der Waals surface area contributed by atoms with Crippen molar-refractivity contribution in [1.82, 2.24) is 5.32 Å². The van der Waals surface area contributed by atoms with Crippen LogP contribution in [0.1, 0.15) is 38.2 Å². The van der Waals surface area contributed by atoms with E-state index in [0.717, 1.165) is 22.2 Å². The van der Waals surface area contributed by atoms with E-state index < -0.39 is 0 Å². The number of carbonyl (C=O) groups is 1. The van der Waals surface area contributed by atoms with Crippen LogP contribution in [0, 0.1) is 5.92 Å². The van der Waals surface area contributed by atoms with Gasteiger partial charge in [-0.15, -0.1) is 11.8 Å². The molecule has 1 N–H and O–H groups in total. The highest BCUT2D eigenvalue weighted by Gasteiger charge is 2.22. The van der Waals surface area contributed by atoms with Crippen LogP contribution in [-0.4, -0.2) is 31.9 Å². The minimum Gasteiger partial charge on any atom is -0.493 e. The Morgan fingerprint density at radius 1 is 1.25 bits per heavy atom. The van der Waals surface area contributed by atoms with Crippen molar-refractivity contribution >= 4 is 33.6 Å². The van der Waals surface area contributed by atoms with E-state index in [-0.39, 0.29) is 5.91 Å². The average molecular weight is 416 g/mol. The molecule has 0 aliphatic heterocycles. The summed E-state index contributed by atoms with van der Waals surface area (Å²) in [5, 5.41) is 3.19. The molecule has 1 fully saturated rings. The Bertz CT molecular complexity index is 567. The van der Waals surface area contributed by atoms with Crippen LogP contribution in [0.15, 0.2) is 16.6 Å². The van der Waals surface area contributed by atoms with Gasteiger partial charge in [0.15, 0.2) is 11.5 Å². The molecule has 2 atom stereocenters. The average Bonchev–Trinajstić information content (AvgIpc) is 2.58. The molecule has 134 valence electrons. The summed E-state index contributed by atoms with van der Waals surface area (Å²) in [6.45, 7) is 2.23. The third-order valence-electron chi connectivity index (χ3n) is 4.50. The lowest BCUT2D eigenvalue weighted by Crippen LogP contribution is -2.41. The standard InChI is InChI=1S/C18H26BrNO3S/c1-12-6-4-5-7-15(12)20-18(21)11-24-10-13-8-16(22-2)17(23-3)9-14(13)19/h8-9,12,15H,4-7,10-11H2,1-3H3,(H,20,21)/t12-,15-/m0/s1. The van der Waals surface area contributed by atoms with E-state index in [0.29, 0.717) is 29.2 Å². The summed E-state index contributed by atoms with van der Waals surface area (Å²) in [6.07, 6.45) is 4.84. The molecule has 1 aromatic rings. The number of hydrogen-bond acceptors (Lipinski definition) is 4. The summed E-state index contributed by atoms with van der Waals surface area (Å²) in [7, 11) is 3.25. The van der Waals surface area contributed by atoms with E-state index >= 15 is 0 Å². The minimum atomic E-state index is 0.135. The van der Waals surface area contributed by atoms with Gasteiger partial charge < -0.3 is 14.8 Å². The highest BCUT2D eigenvalue weighted by molar-refractivity contribution is 9.10. The lowest BCUT2D eigenvalue weighted by molar-refractivity contribution is -0.119. The number of amides is 1. The summed E-state index contributed by atoms with van der Waals surface area (Å²) in [6, 6.07) is 4.20. The highest BCUT2D eigenvalue weighted by atomic mass is 79.9. The highest BCUT2D eigenvalue weighted by Crippen LogP contribution is 2.34. The second kappa shape index (κ2) is 9.56. The van der Waals surface area contributed by atoms with Crippen molar-refractivity contribution in [1.29, 1.82) is 0 Å². The predicted octanol–water partition coefficient (Wildman–Crippen LogP) is 4.39. The number of hydrogen-bond donors (Lipinski definition) is 1. The first-order valence-corrected chi connectivity index (χ1v) is 10.3. The molecular weight excluding hydrogens is 390 g/mol. The fourth-order valence-electron chi connectivity index (χ4n) is 3.04. The van der Waals surface area contributed by atoms with E-state index in [4.69, 9.17) is 9.47 Å². The van der Waals surface area contributed by atoms with Crippen molar-refractivity contribution in [3.63, 3.8) is 0 Å². The smallest absolute Gasteiger partial charge is 0.230 e. The first-order chi connectivity index (χ1) is 11.5. The number of ether oxygens (including phenoxy) is 2. The number of halogens is 1. The van der Waals surface area contributed by atoms with E-state index in [1.165, 1.54) is 19.3 Å². The van der Waals surface area contributed by atoms with Gasteiger partial charge in [-0.25, -0.2) is 0 Å². The fourth-order valence-corrected chi connectivity index (χ4v) is 4.52. The zero-order valence-corrected chi connectivity index (χ0v) is 17.0. The van der Waals surface area contributed by atoms with Gasteiger partial charge in [0.2, 0.25) is 5.91 Å². The van der Waals surface area contributed by atoms with Crippen LogP contribution < -0.4 is 14.8 Å². The van der Waals surface area contributed by atoms with Crippen LogP contribution in [0.3, 0.4) is 0 Å². The van der Waals surface area contributed by atoms with Gasteiger partial charge in [-0.05, 0) is 36.5 Å². The second-order valence-corrected chi connectivity index (χ2v) is 8.07. The number of methoxy groups -OCH3 is 2. The number of nitrogens with one attached hydrogen (secondary N) is 1. The maximum Gasteiger partial charge on any atom is 0.230 e. The Morgan fingerprint density at radius 3 is 2.58 bits per heavy atom. The number of benzene rings is 1. The molecule has 1 aliphatic rings. The van der Waals surface area contributed by atoms with E-state index in [1.54, 1.807) is 26.0 Å². The molecular formula is C18H26BrNO3S. The zero-order valence-electron chi connectivity index (χ0n) is 14.6. The number of carbonyl (C=O) groups excluding carboxylic acids is 1. The Kier molecular flexibility index (Phi) is 7.75. The second-order valence-electron chi connectivity index (χ2n) is 6.23. The summed E-state index contributed by atoms with van der Waals surface area (Å²) >= 11 is 5.17. The lowest BCUT2D eigenvalue weighted by Gasteiger charge is -2.29. The van der Waals surface area contributed by atoms with Gasteiger partial charge >= 0.3 is 0 Å². The molecule has 0 unspecified atom stereocenters. The summed E-state index contributed by atoms with van der Waals surface area (Å²) < 4.78 is 11.6. The topological polar surface area (TPSA) is 47.6 Å². The Balaban J connectivity index is 1.84. The van der Waals surface area contributed by atoms with Gasteiger partial charge in [-0.2, -0.15) is 0 Å². The first kappa shape index (κ1) is 19.4. The molecule has 1 amide bonds. The van der Waals surface area contributed by atoms with Crippen molar-refractivity contribution in [3.8, 4) is 11.5 Å². The molecule has 0 aromatic heterocycles. The van der Waals surface area contributed by atoms with Gasteiger partial charge in [0, 0.05) is 16.3 Å². The van der Waals surface area contributed by atoms with Crippen LogP contribution in [0.2, 0.25) is 0 Å². The van der Waals surface area contributed by atoms with Crippen LogP contribution in [0.5, 0.6) is 11.5 Å². The van der Waals surface area contributed by atoms with E-state index in [2.05, 4.69) is 28.2 Å². The van der Waals surface area contributed by atoms with Gasteiger partial charge in [0.05, 0.1) is 20.0 Å². The van der Waals surface area contributed by atoms with Crippen molar-refractivity contribution in [2.75, 3.05) is 20.0 Å². The molecule has 24 heavy (non-hydrogen) atoms. The van der Waals surface area contributed by atoms with Crippen LogP contribution in [-0.2, 0) is 10.5 Å². The SMILES string of the molecule is COc1cc(Br)c(CSCC(=O)N[C@H]2CCCC[C@@H]2C)cc1OC. The van der Waals surface area contributed by atoms with Gasteiger partial charge in [-0.1, -0.05) is 35.7 Å². The van der Waals surface area contributed by atoms with Crippen molar-refractivity contribution in [3.05, 3.63) is 22.2 Å². The van der Waals surface area contributed by atoms with Crippen molar-refractivity contribution in [2.45, 2.75) is 44.4 Å². The third-order valence-corrected chi connectivity index (χ3v) is 6.22. The maximum atomic E-state index is 12.2. The normalized spacial score (nSPS) is 20.5. The summed E-state index contributed by atoms with van der Waals surface area (Å²) in [5.74, 6) is 3.35. The zero-order chi connectivity index (χ0) is 17.5. The molecule has 0 heterocycles. The summed E-state index contributed by atoms with van der Waals surface area (Å²) in [4.78, 5) is 12.2. The van der Waals surface area contributed by atoms with Crippen LogP contribution in [0.25, 0.3) is 0 Å². The lowest BCUT2D eigenvalue weighted by atomic mass is 9.86. The number of thioether (sulfide) groups is 1. The maximum absolute atomic E-state index is 12.2. The van der Waals surface area contributed by atoms with Crippen LogP contribution >= 0.6 is 27.7 Å². The number of rotatable bonds is 7. The predicted molar refractivity (Wildman–Crippen MR) is 103 cm³/mol. The van der Waals surface area contributed by atoms with E-state index in [1.807, 2.05) is 12.1 Å². The Morgan fingerprint density at radius 2 is 1.92 bits per heavy atom. The third kappa shape index (κ3) is 5.31. The first-order valence-electron chi connectivity index (χ1n) is 8.32. The Labute approximate surface area is 157 Å². The van der Waals surface area contributed by atoms with Gasteiger partial charge in [0.1, 0.15) is 0 Å². The minimum absolute atomic E-state index is 0.135.